The predicted molar refractivity (Wildman–Crippen MR) is 77.6 cm³/mol. The standard InChI is InChI=1S/C14H18F3N5/c1-7(2)19-12-11-8(14(15,16)17)6-10(9-4-3-5-18-9)20-13(11)22-21-12/h6-7,9,18H,3-5H2,1-2H3,(H2,19,20,21,22). The van der Waals surface area contributed by atoms with Gasteiger partial charge < -0.3 is 10.6 Å². The predicted octanol–water partition coefficient (Wildman–Crippen LogP) is 3.22. The van der Waals surface area contributed by atoms with Crippen molar-refractivity contribution in [2.24, 2.45) is 0 Å². The number of alkyl halides is 3. The molecule has 0 bridgehead atoms. The largest absolute Gasteiger partial charge is 0.417 e. The number of fused-ring (bicyclic) bond motifs is 1. The van der Waals surface area contributed by atoms with E-state index in [9.17, 15) is 13.2 Å². The first-order chi connectivity index (χ1) is 10.4. The van der Waals surface area contributed by atoms with Crippen molar-refractivity contribution < 1.29 is 13.2 Å². The van der Waals surface area contributed by atoms with Crippen LogP contribution in [-0.2, 0) is 6.18 Å². The minimum atomic E-state index is -4.45. The Morgan fingerprint density at radius 2 is 2.14 bits per heavy atom. The van der Waals surface area contributed by atoms with E-state index < -0.39 is 11.7 Å². The highest BCUT2D eigenvalue weighted by molar-refractivity contribution is 5.91. The number of H-pyrrole nitrogens is 1. The van der Waals surface area contributed by atoms with Crippen LogP contribution in [0.4, 0.5) is 19.0 Å². The van der Waals surface area contributed by atoms with Crippen LogP contribution in [0.2, 0.25) is 0 Å². The Labute approximate surface area is 125 Å². The van der Waals surface area contributed by atoms with Gasteiger partial charge in [0.05, 0.1) is 16.6 Å². The fraction of sp³-hybridized carbons (Fsp3) is 0.571. The Morgan fingerprint density at radius 3 is 2.73 bits per heavy atom. The number of aromatic amines is 1. The summed E-state index contributed by atoms with van der Waals surface area (Å²) in [4.78, 5) is 4.34. The van der Waals surface area contributed by atoms with Crippen molar-refractivity contribution in [2.45, 2.75) is 44.9 Å². The van der Waals surface area contributed by atoms with E-state index in [4.69, 9.17) is 0 Å². The Bertz CT molecular complexity index is 671. The van der Waals surface area contributed by atoms with Crippen molar-refractivity contribution in [1.82, 2.24) is 20.5 Å². The first-order valence-corrected chi connectivity index (χ1v) is 7.32. The molecule has 3 heterocycles. The molecule has 1 saturated heterocycles. The molecule has 1 aliphatic rings. The molecule has 0 radical (unpaired) electrons. The Hall–Kier alpha value is -1.83. The third-order valence-electron chi connectivity index (χ3n) is 3.70. The average Bonchev–Trinajstić information content (AvgIpc) is 3.06. The molecular formula is C14H18F3N5. The van der Waals surface area contributed by atoms with Gasteiger partial charge in [-0.05, 0) is 39.3 Å². The van der Waals surface area contributed by atoms with E-state index in [1.165, 1.54) is 0 Å². The van der Waals surface area contributed by atoms with E-state index in [0.717, 1.165) is 25.5 Å². The fourth-order valence-corrected chi connectivity index (χ4v) is 2.77. The van der Waals surface area contributed by atoms with Crippen LogP contribution in [0.1, 0.15) is 44.0 Å². The van der Waals surface area contributed by atoms with Crippen molar-refractivity contribution in [1.29, 1.82) is 0 Å². The summed E-state index contributed by atoms with van der Waals surface area (Å²) in [7, 11) is 0. The minimum absolute atomic E-state index is 0.00273. The lowest BCUT2D eigenvalue weighted by atomic mass is 10.1. The summed E-state index contributed by atoms with van der Waals surface area (Å²) in [5, 5.41) is 12.7. The molecule has 1 fully saturated rings. The van der Waals surface area contributed by atoms with Gasteiger partial charge in [0, 0.05) is 12.1 Å². The number of hydrogen-bond donors (Lipinski definition) is 3. The molecule has 0 amide bonds. The van der Waals surface area contributed by atoms with Gasteiger partial charge in [-0.1, -0.05) is 0 Å². The SMILES string of the molecule is CC(C)Nc1n[nH]c2nc(C3CCCN3)cc(C(F)(F)F)c12. The second-order valence-electron chi connectivity index (χ2n) is 5.84. The van der Waals surface area contributed by atoms with Crippen LogP contribution < -0.4 is 10.6 Å². The van der Waals surface area contributed by atoms with E-state index in [-0.39, 0.29) is 28.9 Å². The molecule has 1 aliphatic heterocycles. The molecule has 8 heteroatoms. The molecule has 5 nitrogen and oxygen atoms in total. The van der Waals surface area contributed by atoms with Gasteiger partial charge in [-0.15, -0.1) is 0 Å². The quantitative estimate of drug-likeness (QED) is 0.814. The second-order valence-corrected chi connectivity index (χ2v) is 5.84. The third-order valence-corrected chi connectivity index (χ3v) is 3.70. The van der Waals surface area contributed by atoms with Gasteiger partial charge in [-0.25, -0.2) is 4.98 Å². The maximum Gasteiger partial charge on any atom is 0.417 e. The molecule has 2 aromatic rings. The highest BCUT2D eigenvalue weighted by Gasteiger charge is 2.36. The topological polar surface area (TPSA) is 65.6 Å². The van der Waals surface area contributed by atoms with Crippen LogP contribution >= 0.6 is 0 Å². The van der Waals surface area contributed by atoms with Crippen LogP contribution in [0.15, 0.2) is 6.07 Å². The molecule has 3 rings (SSSR count). The Balaban J connectivity index is 2.16. The van der Waals surface area contributed by atoms with Crippen molar-refractivity contribution in [3.05, 3.63) is 17.3 Å². The number of halogens is 3. The summed E-state index contributed by atoms with van der Waals surface area (Å²) in [6.07, 6.45) is -2.72. The van der Waals surface area contributed by atoms with Crippen LogP contribution in [0.5, 0.6) is 0 Å². The zero-order chi connectivity index (χ0) is 15.9. The normalized spacial score (nSPS) is 19.3. The molecule has 2 aromatic heterocycles. The highest BCUT2D eigenvalue weighted by Crippen LogP contribution is 2.39. The number of pyridine rings is 1. The summed E-state index contributed by atoms with van der Waals surface area (Å²) < 4.78 is 40.4. The summed E-state index contributed by atoms with van der Waals surface area (Å²) >= 11 is 0. The van der Waals surface area contributed by atoms with Gasteiger partial charge >= 0.3 is 6.18 Å². The van der Waals surface area contributed by atoms with Crippen LogP contribution in [0.25, 0.3) is 11.0 Å². The number of hydrogen-bond acceptors (Lipinski definition) is 4. The molecule has 22 heavy (non-hydrogen) atoms. The Morgan fingerprint density at radius 1 is 1.36 bits per heavy atom. The van der Waals surface area contributed by atoms with Crippen molar-refractivity contribution in [3.8, 4) is 0 Å². The lowest BCUT2D eigenvalue weighted by Gasteiger charge is -2.15. The monoisotopic (exact) mass is 313 g/mol. The van der Waals surface area contributed by atoms with Crippen molar-refractivity contribution in [3.63, 3.8) is 0 Å². The molecule has 1 unspecified atom stereocenters. The van der Waals surface area contributed by atoms with Crippen molar-refractivity contribution >= 4 is 16.9 Å². The molecular weight excluding hydrogens is 295 g/mol. The smallest absolute Gasteiger partial charge is 0.366 e. The van der Waals surface area contributed by atoms with Crippen LogP contribution in [0, 0.1) is 0 Å². The average molecular weight is 313 g/mol. The van der Waals surface area contributed by atoms with E-state index in [0.29, 0.717) is 5.69 Å². The number of nitrogens with zero attached hydrogens (tertiary/aromatic N) is 2. The van der Waals surface area contributed by atoms with E-state index in [2.05, 4.69) is 25.8 Å². The Kier molecular flexibility index (Phi) is 3.72. The first kappa shape index (κ1) is 15.1. The zero-order valence-electron chi connectivity index (χ0n) is 12.4. The van der Waals surface area contributed by atoms with Crippen molar-refractivity contribution in [2.75, 3.05) is 11.9 Å². The molecule has 0 aliphatic carbocycles. The lowest BCUT2D eigenvalue weighted by Crippen LogP contribution is -2.17. The summed E-state index contributed by atoms with van der Waals surface area (Å²) in [5.74, 6) is 0.191. The fourth-order valence-electron chi connectivity index (χ4n) is 2.77. The summed E-state index contributed by atoms with van der Waals surface area (Å²) in [6, 6.07) is 0.992. The van der Waals surface area contributed by atoms with E-state index in [1.807, 2.05) is 13.8 Å². The molecule has 0 aromatic carbocycles. The van der Waals surface area contributed by atoms with Crippen LogP contribution in [-0.4, -0.2) is 27.8 Å². The zero-order valence-corrected chi connectivity index (χ0v) is 12.4. The van der Waals surface area contributed by atoms with E-state index in [1.54, 1.807) is 0 Å². The van der Waals surface area contributed by atoms with Crippen LogP contribution in [0.3, 0.4) is 0 Å². The molecule has 3 N–H and O–H groups in total. The highest BCUT2D eigenvalue weighted by atomic mass is 19.4. The van der Waals surface area contributed by atoms with Gasteiger partial charge in [0.15, 0.2) is 11.5 Å². The molecule has 1 atom stereocenters. The van der Waals surface area contributed by atoms with Gasteiger partial charge in [0.2, 0.25) is 0 Å². The van der Waals surface area contributed by atoms with Gasteiger partial charge in [-0.3, -0.25) is 5.10 Å². The molecule has 0 saturated carbocycles. The van der Waals surface area contributed by atoms with E-state index >= 15 is 0 Å². The minimum Gasteiger partial charge on any atom is -0.366 e. The number of aromatic nitrogens is 3. The number of rotatable bonds is 3. The third kappa shape index (κ3) is 2.75. The van der Waals surface area contributed by atoms with Gasteiger partial charge in [0.1, 0.15) is 0 Å². The lowest BCUT2D eigenvalue weighted by molar-refractivity contribution is -0.136. The summed E-state index contributed by atoms with van der Waals surface area (Å²) in [6.45, 7) is 4.49. The molecule has 120 valence electrons. The van der Waals surface area contributed by atoms with Gasteiger partial charge in [-0.2, -0.15) is 18.3 Å². The first-order valence-electron chi connectivity index (χ1n) is 7.32. The maximum absolute atomic E-state index is 13.5. The second kappa shape index (κ2) is 5.42. The summed E-state index contributed by atoms with van der Waals surface area (Å²) in [5.41, 5.74) is -0.114. The number of nitrogens with one attached hydrogen (secondary N) is 3. The number of anilines is 1. The molecule has 0 spiro atoms. The van der Waals surface area contributed by atoms with Gasteiger partial charge in [0.25, 0.3) is 0 Å². The maximum atomic E-state index is 13.5.